The first-order valence-corrected chi connectivity index (χ1v) is 13.3. The summed E-state index contributed by atoms with van der Waals surface area (Å²) >= 11 is 0. The largest absolute Gasteiger partial charge is 0.507 e. The maximum absolute atomic E-state index is 15.3. The lowest BCUT2D eigenvalue weighted by Crippen LogP contribution is -2.43. The Morgan fingerprint density at radius 1 is 1.23 bits per heavy atom. The van der Waals surface area contributed by atoms with Crippen LogP contribution in [0.1, 0.15) is 55.8 Å². The molecule has 0 bridgehead atoms. The first-order chi connectivity index (χ1) is 18.8. The third kappa shape index (κ3) is 3.87. The molecular weight excluding hydrogens is 497 g/mol. The van der Waals surface area contributed by atoms with Crippen molar-refractivity contribution in [1.29, 1.82) is 0 Å². The second kappa shape index (κ2) is 9.48. The Morgan fingerprint density at radius 2 is 2.05 bits per heavy atom. The molecule has 6 rings (SSSR count). The van der Waals surface area contributed by atoms with Crippen LogP contribution in [-0.4, -0.2) is 43.8 Å². The van der Waals surface area contributed by atoms with Crippen LogP contribution in [0.5, 0.6) is 11.5 Å². The zero-order valence-electron chi connectivity index (χ0n) is 22.2. The van der Waals surface area contributed by atoms with Gasteiger partial charge in [-0.1, -0.05) is 32.6 Å². The highest BCUT2D eigenvalue weighted by Gasteiger charge is 2.35. The zero-order valence-corrected chi connectivity index (χ0v) is 22.2. The molecule has 1 N–H and O–H groups in total. The van der Waals surface area contributed by atoms with Gasteiger partial charge in [-0.2, -0.15) is 4.98 Å². The fourth-order valence-electron chi connectivity index (χ4n) is 5.82. The van der Waals surface area contributed by atoms with Crippen molar-refractivity contribution in [3.8, 4) is 28.4 Å². The normalized spacial score (nSPS) is 16.6. The Bertz CT molecular complexity index is 1680. The molecule has 0 spiro atoms. The highest BCUT2D eigenvalue weighted by Crippen LogP contribution is 2.45. The summed E-state index contributed by atoms with van der Waals surface area (Å²) in [4.78, 5) is 30.3. The van der Waals surface area contributed by atoms with Crippen LogP contribution >= 0.6 is 0 Å². The number of aromatic nitrogens is 4. The summed E-state index contributed by atoms with van der Waals surface area (Å²) in [5, 5.41) is 11.3. The van der Waals surface area contributed by atoms with Crippen LogP contribution in [0.4, 0.5) is 10.2 Å². The van der Waals surface area contributed by atoms with Gasteiger partial charge in [0, 0.05) is 18.3 Å². The number of benzene rings is 1. The lowest BCUT2D eigenvalue weighted by atomic mass is 10.0. The molecule has 0 radical (unpaired) electrons. The lowest BCUT2D eigenvalue weighted by Gasteiger charge is -2.34. The topological polar surface area (TPSA) is 93.4 Å². The van der Waals surface area contributed by atoms with Crippen molar-refractivity contribution in [2.75, 3.05) is 18.1 Å². The Balaban J connectivity index is 1.82. The van der Waals surface area contributed by atoms with Crippen molar-refractivity contribution in [1.82, 2.24) is 19.5 Å². The van der Waals surface area contributed by atoms with Gasteiger partial charge in [0.25, 0.3) is 0 Å². The molecule has 0 unspecified atom stereocenters. The number of piperidine rings is 1. The third-order valence-electron chi connectivity index (χ3n) is 7.67. The summed E-state index contributed by atoms with van der Waals surface area (Å²) in [6.07, 6.45) is 6.20. The van der Waals surface area contributed by atoms with Gasteiger partial charge in [0.1, 0.15) is 35.1 Å². The average molecular weight is 528 g/mol. The summed E-state index contributed by atoms with van der Waals surface area (Å²) in [7, 11) is 0. The molecule has 0 saturated carbocycles. The maximum atomic E-state index is 15.3. The van der Waals surface area contributed by atoms with Gasteiger partial charge in [0.15, 0.2) is 5.65 Å². The number of fused-ring (bicyclic) bond motifs is 2. The fraction of sp³-hybridized carbons (Fsp3) is 0.333. The number of halogens is 1. The Morgan fingerprint density at radius 3 is 2.79 bits per heavy atom. The second-order valence-corrected chi connectivity index (χ2v) is 10.5. The third-order valence-corrected chi connectivity index (χ3v) is 7.67. The smallest absolute Gasteiger partial charge is 0.355 e. The van der Waals surface area contributed by atoms with Gasteiger partial charge < -0.3 is 14.7 Å². The standard InChI is InChI=1S/C30H30FN5O3/c1-5-19-25(22-20(31)10-8-11-21(22)37)33-29-23-27(19)39-15-18-9-6-7-14-35(18)28(23)34-30(38)36(29)26-17(4)12-13-32-24(26)16(2)3/h5,8,10-13,16,18,37H,1,6-7,9,14-15H2,2-4H3/t18-/m1/s1. The number of ether oxygens (including phenoxy) is 1. The lowest BCUT2D eigenvalue weighted by molar-refractivity contribution is 0.267. The van der Waals surface area contributed by atoms with E-state index in [2.05, 4.69) is 21.4 Å². The molecule has 1 aromatic carbocycles. The van der Waals surface area contributed by atoms with Crippen molar-refractivity contribution in [2.45, 2.75) is 52.0 Å². The molecule has 1 saturated heterocycles. The van der Waals surface area contributed by atoms with Crippen LogP contribution in [-0.2, 0) is 0 Å². The molecule has 3 aromatic heterocycles. The average Bonchev–Trinajstić information content (AvgIpc) is 3.07. The second-order valence-electron chi connectivity index (χ2n) is 10.5. The molecule has 200 valence electrons. The quantitative estimate of drug-likeness (QED) is 0.374. The maximum Gasteiger partial charge on any atom is 0.355 e. The van der Waals surface area contributed by atoms with Crippen molar-refractivity contribution >= 4 is 22.9 Å². The first-order valence-electron chi connectivity index (χ1n) is 13.3. The van der Waals surface area contributed by atoms with Crippen LogP contribution in [0.25, 0.3) is 34.1 Å². The van der Waals surface area contributed by atoms with Crippen molar-refractivity contribution < 1.29 is 14.2 Å². The molecule has 39 heavy (non-hydrogen) atoms. The highest BCUT2D eigenvalue weighted by atomic mass is 19.1. The van der Waals surface area contributed by atoms with E-state index in [0.717, 1.165) is 31.4 Å². The molecule has 2 aliphatic heterocycles. The number of pyridine rings is 2. The number of hydrogen-bond donors (Lipinski definition) is 1. The van der Waals surface area contributed by atoms with Crippen molar-refractivity contribution in [3.63, 3.8) is 0 Å². The van der Waals surface area contributed by atoms with E-state index < -0.39 is 11.5 Å². The van der Waals surface area contributed by atoms with Gasteiger partial charge in [-0.3, -0.25) is 4.98 Å². The van der Waals surface area contributed by atoms with Crippen LogP contribution in [0.2, 0.25) is 0 Å². The van der Waals surface area contributed by atoms with E-state index >= 15 is 4.39 Å². The Labute approximate surface area is 225 Å². The number of hydrogen-bond acceptors (Lipinski definition) is 7. The molecule has 0 amide bonds. The highest BCUT2D eigenvalue weighted by molar-refractivity contribution is 6.00. The summed E-state index contributed by atoms with van der Waals surface area (Å²) in [5.41, 5.74) is 2.38. The van der Waals surface area contributed by atoms with Crippen molar-refractivity contribution in [3.05, 3.63) is 70.2 Å². The van der Waals surface area contributed by atoms with Crippen LogP contribution in [0.15, 0.2) is 41.8 Å². The number of rotatable bonds is 4. The Hall–Kier alpha value is -4.27. The number of phenols is 1. The number of nitrogens with zero attached hydrogens (tertiary/aromatic N) is 5. The van der Waals surface area contributed by atoms with Gasteiger partial charge in [0.05, 0.1) is 28.7 Å². The van der Waals surface area contributed by atoms with Crippen LogP contribution in [0.3, 0.4) is 0 Å². The van der Waals surface area contributed by atoms with Crippen LogP contribution in [0, 0.1) is 12.7 Å². The molecule has 0 aliphatic carbocycles. The number of anilines is 1. The van der Waals surface area contributed by atoms with Gasteiger partial charge in [0.2, 0.25) is 0 Å². The molecule has 8 nitrogen and oxygen atoms in total. The van der Waals surface area contributed by atoms with Gasteiger partial charge in [-0.15, -0.1) is 0 Å². The van der Waals surface area contributed by atoms with Crippen molar-refractivity contribution in [2.24, 2.45) is 0 Å². The van der Waals surface area contributed by atoms with E-state index in [0.29, 0.717) is 40.5 Å². The number of aryl methyl sites for hydroxylation is 1. The minimum atomic E-state index is -0.646. The Kier molecular flexibility index (Phi) is 6.09. The minimum absolute atomic E-state index is 0.00179. The van der Waals surface area contributed by atoms with E-state index in [4.69, 9.17) is 9.72 Å². The fourth-order valence-corrected chi connectivity index (χ4v) is 5.82. The molecule has 5 heterocycles. The molecule has 2 aliphatic rings. The summed E-state index contributed by atoms with van der Waals surface area (Å²) in [5.74, 6) is 0.0162. The minimum Gasteiger partial charge on any atom is -0.507 e. The van der Waals surface area contributed by atoms with E-state index in [1.807, 2.05) is 26.8 Å². The SMILES string of the molecule is C=Cc1c(-c2c(O)cccc2F)nc2c3c(nc(=O)n2-c2c(C)ccnc2C(C)C)N2CCCC[C@@H]2COc13. The molecule has 1 atom stereocenters. The van der Waals surface area contributed by atoms with Gasteiger partial charge in [-0.25, -0.2) is 18.7 Å². The van der Waals surface area contributed by atoms with E-state index in [-0.39, 0.29) is 34.6 Å². The predicted octanol–water partition coefficient (Wildman–Crippen LogP) is 5.51. The molecule has 1 fully saturated rings. The van der Waals surface area contributed by atoms with Crippen LogP contribution < -0.4 is 15.3 Å². The number of phenolic OH excluding ortho intramolecular Hbond substituents is 1. The predicted molar refractivity (Wildman–Crippen MR) is 149 cm³/mol. The summed E-state index contributed by atoms with van der Waals surface area (Å²) in [6, 6.07) is 5.97. The van der Waals surface area contributed by atoms with Gasteiger partial charge in [-0.05, 0) is 55.9 Å². The molecular formula is C30H30FN5O3. The number of aromatic hydroxyl groups is 1. The van der Waals surface area contributed by atoms with E-state index in [9.17, 15) is 9.90 Å². The van der Waals surface area contributed by atoms with E-state index in [1.54, 1.807) is 12.3 Å². The molecule has 9 heteroatoms. The summed E-state index contributed by atoms with van der Waals surface area (Å²) in [6.45, 7) is 11.0. The molecule has 4 aromatic rings. The summed E-state index contributed by atoms with van der Waals surface area (Å²) < 4.78 is 23.2. The van der Waals surface area contributed by atoms with E-state index in [1.165, 1.54) is 22.8 Å². The first kappa shape index (κ1) is 25.0. The van der Waals surface area contributed by atoms with Gasteiger partial charge >= 0.3 is 5.69 Å². The monoisotopic (exact) mass is 527 g/mol. The zero-order chi connectivity index (χ0) is 27.4.